The number of ether oxygens (including phenoxy) is 2. The molecule has 1 heterocycles. The maximum atomic E-state index is 6.15. The Morgan fingerprint density at radius 3 is 2.89 bits per heavy atom. The molecule has 1 saturated carbocycles. The van der Waals surface area contributed by atoms with E-state index in [2.05, 4.69) is 0 Å². The maximum absolute atomic E-state index is 6.15. The molecule has 19 heavy (non-hydrogen) atoms. The zero-order valence-electron chi connectivity index (χ0n) is 10.8. The minimum absolute atomic E-state index is 0.0998. The molecule has 1 atom stereocenters. The molecule has 0 aromatic heterocycles. The average molecular weight is 301 g/mol. The van der Waals surface area contributed by atoms with E-state index >= 15 is 0 Å². The van der Waals surface area contributed by atoms with Gasteiger partial charge in [-0.15, -0.1) is 11.6 Å². The number of rotatable bonds is 3. The normalized spacial score (nSPS) is 25.1. The number of hydrogen-bond donors (Lipinski definition) is 0. The smallest absolute Gasteiger partial charge is 0.125 e. The van der Waals surface area contributed by atoms with Crippen LogP contribution in [0.1, 0.15) is 37.7 Å². The van der Waals surface area contributed by atoms with E-state index in [1.807, 2.05) is 18.2 Å². The number of hydrogen-bond acceptors (Lipinski definition) is 2. The Bertz CT molecular complexity index is 457. The maximum Gasteiger partial charge on any atom is 0.125 e. The molecular formula is C15H18Cl2O2. The molecule has 2 aliphatic rings. The lowest BCUT2D eigenvalue weighted by molar-refractivity contribution is -0.153. The van der Waals surface area contributed by atoms with Crippen molar-refractivity contribution in [2.45, 2.75) is 49.7 Å². The molecule has 2 fully saturated rings. The van der Waals surface area contributed by atoms with Crippen LogP contribution in [-0.2, 0) is 10.6 Å². The molecule has 4 heteroatoms. The molecular weight excluding hydrogens is 283 g/mol. The molecule has 2 nitrogen and oxygen atoms in total. The third-order valence-corrected chi connectivity index (χ3v) is 4.84. The standard InChI is InChI=1S/C15H18Cl2O2/c16-10-12-13(17)3-1-4-14(12)19-11-5-8-18-15(9-11)6-2-7-15/h1,3-4,11H,2,5-10H2. The summed E-state index contributed by atoms with van der Waals surface area (Å²) in [6.45, 7) is 0.793. The SMILES string of the molecule is ClCc1c(Cl)cccc1OC1CCOC2(CCC2)C1. The summed E-state index contributed by atoms with van der Waals surface area (Å²) < 4.78 is 12.1. The van der Waals surface area contributed by atoms with Crippen LogP contribution in [0.3, 0.4) is 0 Å². The van der Waals surface area contributed by atoms with E-state index in [9.17, 15) is 0 Å². The van der Waals surface area contributed by atoms with E-state index in [4.69, 9.17) is 32.7 Å². The van der Waals surface area contributed by atoms with Crippen molar-refractivity contribution in [3.05, 3.63) is 28.8 Å². The van der Waals surface area contributed by atoms with Gasteiger partial charge in [-0.25, -0.2) is 0 Å². The summed E-state index contributed by atoms with van der Waals surface area (Å²) in [6.07, 6.45) is 5.76. The number of alkyl halides is 1. The second kappa shape index (κ2) is 5.51. The first-order chi connectivity index (χ1) is 9.22. The number of benzene rings is 1. The lowest BCUT2D eigenvalue weighted by atomic mass is 9.74. The Labute approximate surface area is 124 Å². The van der Waals surface area contributed by atoms with E-state index in [0.29, 0.717) is 10.9 Å². The Hall–Kier alpha value is -0.440. The Morgan fingerprint density at radius 1 is 1.37 bits per heavy atom. The van der Waals surface area contributed by atoms with Gasteiger partial charge >= 0.3 is 0 Å². The monoisotopic (exact) mass is 300 g/mol. The largest absolute Gasteiger partial charge is 0.490 e. The highest BCUT2D eigenvalue weighted by Crippen LogP contribution is 2.43. The summed E-state index contributed by atoms with van der Waals surface area (Å²) in [7, 11) is 0. The van der Waals surface area contributed by atoms with Crippen LogP contribution in [0.25, 0.3) is 0 Å². The summed E-state index contributed by atoms with van der Waals surface area (Å²) in [4.78, 5) is 0. The van der Waals surface area contributed by atoms with Crippen molar-refractivity contribution in [1.82, 2.24) is 0 Å². The second-order valence-electron chi connectivity index (χ2n) is 5.47. The summed E-state index contributed by atoms with van der Waals surface area (Å²) in [5.74, 6) is 1.20. The first-order valence-corrected chi connectivity index (χ1v) is 7.78. The molecule has 1 spiro atoms. The summed E-state index contributed by atoms with van der Waals surface area (Å²) in [6, 6.07) is 5.71. The van der Waals surface area contributed by atoms with Crippen molar-refractivity contribution >= 4 is 23.2 Å². The van der Waals surface area contributed by atoms with E-state index in [1.165, 1.54) is 19.3 Å². The summed E-state index contributed by atoms with van der Waals surface area (Å²) in [5, 5.41) is 0.679. The quantitative estimate of drug-likeness (QED) is 0.762. The molecule has 0 amide bonds. The topological polar surface area (TPSA) is 18.5 Å². The van der Waals surface area contributed by atoms with Crippen LogP contribution in [0.4, 0.5) is 0 Å². The highest BCUT2D eigenvalue weighted by Gasteiger charge is 2.43. The fraction of sp³-hybridized carbons (Fsp3) is 0.600. The van der Waals surface area contributed by atoms with Gasteiger partial charge in [0.1, 0.15) is 11.9 Å². The van der Waals surface area contributed by atoms with Gasteiger partial charge in [-0.05, 0) is 31.4 Å². The van der Waals surface area contributed by atoms with Gasteiger partial charge in [0.2, 0.25) is 0 Å². The molecule has 0 bridgehead atoms. The number of halogens is 2. The Kier molecular flexibility index (Phi) is 3.93. The second-order valence-corrected chi connectivity index (χ2v) is 6.14. The van der Waals surface area contributed by atoms with Crippen molar-refractivity contribution in [3.8, 4) is 5.75 Å². The van der Waals surface area contributed by atoms with Crippen LogP contribution in [0.5, 0.6) is 5.75 Å². The zero-order valence-corrected chi connectivity index (χ0v) is 12.3. The molecule has 3 rings (SSSR count). The minimum Gasteiger partial charge on any atom is -0.490 e. The predicted molar refractivity (Wildman–Crippen MR) is 77.2 cm³/mol. The molecule has 1 unspecified atom stereocenters. The average Bonchev–Trinajstić information content (AvgIpc) is 2.38. The van der Waals surface area contributed by atoms with E-state index in [-0.39, 0.29) is 11.7 Å². The van der Waals surface area contributed by atoms with Gasteiger partial charge < -0.3 is 9.47 Å². The van der Waals surface area contributed by atoms with Gasteiger partial charge in [-0.3, -0.25) is 0 Å². The van der Waals surface area contributed by atoms with E-state index in [0.717, 1.165) is 30.8 Å². The lowest BCUT2D eigenvalue weighted by Gasteiger charge is -2.47. The van der Waals surface area contributed by atoms with Gasteiger partial charge in [0.25, 0.3) is 0 Å². The summed E-state index contributed by atoms with van der Waals surface area (Å²) >= 11 is 12.1. The van der Waals surface area contributed by atoms with Gasteiger partial charge in [0, 0.05) is 23.4 Å². The van der Waals surface area contributed by atoms with Gasteiger partial charge in [-0.1, -0.05) is 17.7 Å². The summed E-state index contributed by atoms with van der Waals surface area (Å²) in [5.41, 5.74) is 0.989. The van der Waals surface area contributed by atoms with Gasteiger partial charge in [-0.2, -0.15) is 0 Å². The molecule has 1 saturated heterocycles. The molecule has 1 aliphatic heterocycles. The predicted octanol–water partition coefficient (Wildman–Crippen LogP) is 4.56. The van der Waals surface area contributed by atoms with Crippen LogP contribution in [0.2, 0.25) is 5.02 Å². The van der Waals surface area contributed by atoms with E-state index < -0.39 is 0 Å². The van der Waals surface area contributed by atoms with Crippen LogP contribution in [0.15, 0.2) is 18.2 Å². The highest BCUT2D eigenvalue weighted by atomic mass is 35.5. The van der Waals surface area contributed by atoms with E-state index in [1.54, 1.807) is 0 Å². The molecule has 104 valence electrons. The first-order valence-electron chi connectivity index (χ1n) is 6.86. The van der Waals surface area contributed by atoms with Crippen LogP contribution >= 0.6 is 23.2 Å². The third kappa shape index (κ3) is 2.72. The fourth-order valence-electron chi connectivity index (χ4n) is 2.96. The van der Waals surface area contributed by atoms with Crippen molar-refractivity contribution in [1.29, 1.82) is 0 Å². The Morgan fingerprint density at radius 2 is 2.21 bits per heavy atom. The van der Waals surface area contributed by atoms with Gasteiger partial charge in [0.05, 0.1) is 18.1 Å². The Balaban J connectivity index is 1.72. The lowest BCUT2D eigenvalue weighted by Crippen LogP contribution is -2.48. The molecule has 0 N–H and O–H groups in total. The molecule has 1 aliphatic carbocycles. The molecule has 0 radical (unpaired) electrons. The highest BCUT2D eigenvalue weighted by molar-refractivity contribution is 6.32. The van der Waals surface area contributed by atoms with Crippen molar-refractivity contribution in [2.75, 3.05) is 6.61 Å². The van der Waals surface area contributed by atoms with Gasteiger partial charge in [0.15, 0.2) is 0 Å². The first kappa shape index (κ1) is 13.5. The molecule has 1 aromatic carbocycles. The van der Waals surface area contributed by atoms with Crippen LogP contribution in [0, 0.1) is 0 Å². The van der Waals surface area contributed by atoms with Crippen molar-refractivity contribution in [2.24, 2.45) is 0 Å². The third-order valence-electron chi connectivity index (χ3n) is 4.22. The fourth-order valence-corrected chi connectivity index (χ4v) is 3.54. The van der Waals surface area contributed by atoms with Crippen molar-refractivity contribution < 1.29 is 9.47 Å². The zero-order chi connectivity index (χ0) is 13.3. The molecule has 1 aromatic rings. The van der Waals surface area contributed by atoms with Crippen molar-refractivity contribution in [3.63, 3.8) is 0 Å². The van der Waals surface area contributed by atoms with Crippen LogP contribution < -0.4 is 4.74 Å². The van der Waals surface area contributed by atoms with Crippen LogP contribution in [-0.4, -0.2) is 18.3 Å². The minimum atomic E-state index is 0.0998.